The van der Waals surface area contributed by atoms with Crippen molar-refractivity contribution in [3.8, 4) is 0 Å². The van der Waals surface area contributed by atoms with Crippen molar-refractivity contribution in [3.63, 3.8) is 0 Å². The maximum absolute atomic E-state index is 13.0. The molecule has 4 aliphatic rings. The smallest absolute Gasteiger partial charge is 0.255 e. The van der Waals surface area contributed by atoms with Crippen molar-refractivity contribution < 1.29 is 19.2 Å². The molecule has 1 aromatic carbocycles. The van der Waals surface area contributed by atoms with E-state index in [1.807, 2.05) is 12.1 Å². The third-order valence-corrected chi connectivity index (χ3v) is 6.78. The van der Waals surface area contributed by atoms with Gasteiger partial charge >= 0.3 is 0 Å². The van der Waals surface area contributed by atoms with Crippen molar-refractivity contribution in [3.05, 3.63) is 34.9 Å². The fraction of sp³-hybridized carbons (Fsp3) is 0.524. The average Bonchev–Trinajstić information content (AvgIpc) is 3.20. The summed E-state index contributed by atoms with van der Waals surface area (Å²) in [5, 5.41) is 8.85. The van der Waals surface area contributed by atoms with Gasteiger partial charge in [0.05, 0.1) is 12.2 Å². The maximum Gasteiger partial charge on any atom is 0.255 e. The van der Waals surface area contributed by atoms with Crippen molar-refractivity contribution in [1.29, 1.82) is 0 Å². The van der Waals surface area contributed by atoms with Gasteiger partial charge in [0.15, 0.2) is 0 Å². The predicted octanol–water partition coefficient (Wildman–Crippen LogP) is -0.541. The Morgan fingerprint density at radius 1 is 1.03 bits per heavy atom. The fourth-order valence-electron chi connectivity index (χ4n) is 5.20. The number of fused-ring (bicyclic) bond motifs is 1. The molecule has 1 spiro atoms. The molecule has 158 valence electrons. The minimum Gasteiger partial charge on any atom is -0.337 e. The number of rotatable bonds is 3. The third-order valence-electron chi connectivity index (χ3n) is 6.78. The van der Waals surface area contributed by atoms with Gasteiger partial charge < -0.3 is 15.5 Å². The van der Waals surface area contributed by atoms with E-state index in [0.717, 1.165) is 37.1 Å². The molecule has 3 N–H and O–H groups in total. The highest BCUT2D eigenvalue weighted by atomic mass is 16.2. The molecule has 4 heterocycles. The van der Waals surface area contributed by atoms with E-state index in [2.05, 4.69) is 20.9 Å². The average molecular weight is 411 g/mol. The lowest BCUT2D eigenvalue weighted by atomic mass is 9.95. The van der Waals surface area contributed by atoms with Gasteiger partial charge in [0.2, 0.25) is 17.7 Å². The zero-order valence-corrected chi connectivity index (χ0v) is 16.7. The van der Waals surface area contributed by atoms with Crippen LogP contribution < -0.4 is 16.0 Å². The summed E-state index contributed by atoms with van der Waals surface area (Å²) in [6, 6.07) is 5.03. The summed E-state index contributed by atoms with van der Waals surface area (Å²) in [5.74, 6) is -0.837. The summed E-state index contributed by atoms with van der Waals surface area (Å²) < 4.78 is 0. The fourth-order valence-corrected chi connectivity index (χ4v) is 5.20. The molecule has 0 bridgehead atoms. The van der Waals surface area contributed by atoms with Crippen molar-refractivity contribution in [2.24, 2.45) is 0 Å². The molecule has 5 rings (SSSR count). The first-order valence-electron chi connectivity index (χ1n) is 10.5. The Morgan fingerprint density at radius 3 is 2.60 bits per heavy atom. The number of piperidine rings is 2. The second-order valence-electron chi connectivity index (χ2n) is 8.53. The molecule has 0 aliphatic carbocycles. The Labute approximate surface area is 174 Å². The first-order chi connectivity index (χ1) is 14.5. The lowest BCUT2D eigenvalue weighted by Gasteiger charge is -2.41. The summed E-state index contributed by atoms with van der Waals surface area (Å²) in [6.45, 7) is 2.96. The summed E-state index contributed by atoms with van der Waals surface area (Å²) in [5.41, 5.74) is 2.19. The summed E-state index contributed by atoms with van der Waals surface area (Å²) in [6.07, 6.45) is 2.27. The molecule has 1 unspecified atom stereocenters. The van der Waals surface area contributed by atoms with Crippen LogP contribution in [0.5, 0.6) is 0 Å². The number of benzene rings is 1. The van der Waals surface area contributed by atoms with E-state index in [4.69, 9.17) is 0 Å². The lowest BCUT2D eigenvalue weighted by molar-refractivity contribution is -0.137. The standard InChI is InChI=1S/C21H25N5O4/c27-17-5-4-16(19(29)23-17)26-11-15-13(2-1-3-14(15)20(26)30)10-25-12-18(28)24-21(25)6-8-22-9-7-21/h1-3,16,22H,4-12H2,(H,24,28)(H,23,27,29). The monoisotopic (exact) mass is 411 g/mol. The number of carbonyl (C=O) groups is 4. The largest absolute Gasteiger partial charge is 0.337 e. The Balaban J connectivity index is 1.40. The van der Waals surface area contributed by atoms with Crippen LogP contribution in [0.4, 0.5) is 0 Å². The van der Waals surface area contributed by atoms with Crippen LogP contribution in [0, 0.1) is 0 Å². The van der Waals surface area contributed by atoms with E-state index in [1.165, 1.54) is 0 Å². The van der Waals surface area contributed by atoms with Crippen molar-refractivity contribution >= 4 is 23.6 Å². The Hall–Kier alpha value is -2.78. The van der Waals surface area contributed by atoms with Crippen LogP contribution in [0.15, 0.2) is 18.2 Å². The molecule has 1 aromatic rings. The van der Waals surface area contributed by atoms with Crippen LogP contribution in [0.3, 0.4) is 0 Å². The SMILES string of the molecule is O=C1CCC(N2Cc3c(CN4CC(=O)NC45CCNCC5)cccc3C2=O)C(=O)N1. The van der Waals surface area contributed by atoms with Gasteiger partial charge in [-0.25, -0.2) is 0 Å². The van der Waals surface area contributed by atoms with Crippen LogP contribution in [-0.2, 0) is 27.5 Å². The molecule has 0 radical (unpaired) electrons. The molecule has 9 nitrogen and oxygen atoms in total. The molecular weight excluding hydrogens is 386 g/mol. The van der Waals surface area contributed by atoms with Crippen LogP contribution in [0.25, 0.3) is 0 Å². The molecule has 0 saturated carbocycles. The van der Waals surface area contributed by atoms with Gasteiger partial charge in [0.25, 0.3) is 5.91 Å². The van der Waals surface area contributed by atoms with Crippen molar-refractivity contribution in [2.75, 3.05) is 19.6 Å². The normalized spacial score (nSPS) is 26.1. The molecule has 0 aromatic heterocycles. The van der Waals surface area contributed by atoms with E-state index >= 15 is 0 Å². The lowest BCUT2D eigenvalue weighted by Crippen LogP contribution is -2.57. The van der Waals surface area contributed by atoms with Crippen LogP contribution in [-0.4, -0.2) is 64.8 Å². The van der Waals surface area contributed by atoms with Gasteiger partial charge in [-0.2, -0.15) is 0 Å². The topological polar surface area (TPSA) is 111 Å². The molecule has 3 fully saturated rings. The number of hydrogen-bond acceptors (Lipinski definition) is 6. The first-order valence-corrected chi connectivity index (χ1v) is 10.5. The first kappa shape index (κ1) is 19.2. The zero-order chi connectivity index (χ0) is 20.9. The van der Waals surface area contributed by atoms with Crippen molar-refractivity contribution in [1.82, 2.24) is 25.8 Å². The zero-order valence-electron chi connectivity index (χ0n) is 16.7. The number of carbonyl (C=O) groups excluding carboxylic acids is 4. The minimum absolute atomic E-state index is 0.0331. The van der Waals surface area contributed by atoms with Gasteiger partial charge in [-0.3, -0.25) is 29.4 Å². The number of nitrogens with zero attached hydrogens (tertiary/aromatic N) is 2. The van der Waals surface area contributed by atoms with Gasteiger partial charge in [-0.05, 0) is 49.5 Å². The second kappa shape index (κ2) is 7.17. The van der Waals surface area contributed by atoms with Crippen molar-refractivity contribution in [2.45, 2.75) is 50.5 Å². The second-order valence-corrected chi connectivity index (χ2v) is 8.53. The molecule has 3 saturated heterocycles. The Morgan fingerprint density at radius 2 is 1.83 bits per heavy atom. The maximum atomic E-state index is 13.0. The van der Waals surface area contributed by atoms with Gasteiger partial charge in [0.1, 0.15) is 6.04 Å². The molecule has 9 heteroatoms. The molecular formula is C21H25N5O4. The van der Waals surface area contributed by atoms with E-state index < -0.39 is 11.9 Å². The molecule has 1 atom stereocenters. The van der Waals surface area contributed by atoms with Crippen LogP contribution in [0.2, 0.25) is 0 Å². The van der Waals surface area contributed by atoms with E-state index in [0.29, 0.717) is 31.6 Å². The minimum atomic E-state index is -0.624. The quantitative estimate of drug-likeness (QED) is 0.576. The van der Waals surface area contributed by atoms with E-state index in [-0.39, 0.29) is 29.8 Å². The highest BCUT2D eigenvalue weighted by Gasteiger charge is 2.46. The Kier molecular flexibility index (Phi) is 4.59. The highest BCUT2D eigenvalue weighted by molar-refractivity contribution is 6.05. The predicted molar refractivity (Wildman–Crippen MR) is 106 cm³/mol. The van der Waals surface area contributed by atoms with Gasteiger partial charge in [-0.15, -0.1) is 0 Å². The third kappa shape index (κ3) is 3.09. The van der Waals surface area contributed by atoms with E-state index in [1.54, 1.807) is 11.0 Å². The Bertz CT molecular complexity index is 939. The van der Waals surface area contributed by atoms with Crippen LogP contribution >= 0.6 is 0 Å². The summed E-state index contributed by atoms with van der Waals surface area (Å²) in [4.78, 5) is 52.8. The summed E-state index contributed by atoms with van der Waals surface area (Å²) >= 11 is 0. The van der Waals surface area contributed by atoms with Crippen LogP contribution in [0.1, 0.15) is 47.2 Å². The van der Waals surface area contributed by atoms with E-state index in [9.17, 15) is 19.2 Å². The number of hydrogen-bond donors (Lipinski definition) is 3. The number of amides is 4. The number of nitrogens with one attached hydrogen (secondary N) is 3. The summed E-state index contributed by atoms with van der Waals surface area (Å²) in [7, 11) is 0. The molecule has 30 heavy (non-hydrogen) atoms. The van der Waals surface area contributed by atoms with Gasteiger partial charge in [0, 0.05) is 25.1 Å². The number of imide groups is 1. The highest BCUT2D eigenvalue weighted by Crippen LogP contribution is 2.34. The molecule has 4 amide bonds. The van der Waals surface area contributed by atoms with Gasteiger partial charge in [-0.1, -0.05) is 12.1 Å². The molecule has 4 aliphatic heterocycles.